The Balaban J connectivity index is 2.53. The highest BCUT2D eigenvalue weighted by atomic mass is 35.5. The van der Waals surface area contributed by atoms with Crippen molar-refractivity contribution < 1.29 is 8.42 Å². The van der Waals surface area contributed by atoms with Gasteiger partial charge in [-0.3, -0.25) is 0 Å². The molecule has 2 heterocycles. The first kappa shape index (κ1) is 10.5. The normalized spacial score (nSPS) is 11.8. The van der Waals surface area contributed by atoms with Crippen LogP contribution in [0.1, 0.15) is 0 Å². The molecule has 0 aliphatic heterocycles. The van der Waals surface area contributed by atoms with Crippen LogP contribution in [0.5, 0.6) is 0 Å². The number of nitrogens with two attached hydrogens (primary N) is 1. The third kappa shape index (κ3) is 1.85. The van der Waals surface area contributed by atoms with Crippen LogP contribution in [0.15, 0.2) is 28.6 Å². The van der Waals surface area contributed by atoms with E-state index in [1.165, 1.54) is 24.4 Å². The maximum atomic E-state index is 11.9. The molecule has 5 nitrogen and oxygen atoms in total. The molecule has 0 aliphatic carbocycles. The third-order valence-corrected chi connectivity index (χ3v) is 4.88. The second-order valence-corrected chi connectivity index (χ2v) is 6.41. The highest BCUT2D eigenvalue weighted by Crippen LogP contribution is 2.26. The first-order chi connectivity index (χ1) is 7.00. The van der Waals surface area contributed by atoms with Crippen molar-refractivity contribution in [2.45, 2.75) is 4.21 Å². The number of anilines is 1. The Morgan fingerprint density at radius 2 is 2.13 bits per heavy atom. The summed E-state index contributed by atoms with van der Waals surface area (Å²) < 4.78 is 25.1. The van der Waals surface area contributed by atoms with Crippen LogP contribution in [0.4, 0.5) is 5.82 Å². The van der Waals surface area contributed by atoms with Gasteiger partial charge in [-0.15, -0.1) is 16.4 Å². The van der Waals surface area contributed by atoms with Gasteiger partial charge in [0.2, 0.25) is 0 Å². The molecule has 8 heteroatoms. The second-order valence-electron chi connectivity index (χ2n) is 2.68. The molecule has 0 bridgehead atoms. The van der Waals surface area contributed by atoms with Crippen molar-refractivity contribution in [3.05, 3.63) is 28.7 Å². The first-order valence-corrected chi connectivity index (χ1v) is 6.45. The Labute approximate surface area is 95.1 Å². The van der Waals surface area contributed by atoms with Crippen LogP contribution >= 0.6 is 22.9 Å². The Morgan fingerprint density at radius 3 is 2.60 bits per heavy atom. The van der Waals surface area contributed by atoms with Crippen LogP contribution in [-0.4, -0.2) is 17.6 Å². The molecule has 0 aliphatic rings. The number of rotatable bonds is 2. The van der Waals surface area contributed by atoms with Gasteiger partial charge in [-0.1, -0.05) is 11.6 Å². The summed E-state index contributed by atoms with van der Waals surface area (Å²) >= 11 is 6.63. The summed E-state index contributed by atoms with van der Waals surface area (Å²) in [4.78, 5) is 0. The third-order valence-electron chi connectivity index (χ3n) is 1.64. The second kappa shape index (κ2) is 3.51. The smallest absolute Gasteiger partial charge is 0.292 e. The Morgan fingerprint density at radius 1 is 1.40 bits per heavy atom. The van der Waals surface area contributed by atoms with Gasteiger partial charge < -0.3 is 5.73 Å². The van der Waals surface area contributed by atoms with Gasteiger partial charge in [0.15, 0.2) is 0 Å². The predicted octanol–water partition coefficient (Wildman–Crippen LogP) is 1.42. The summed E-state index contributed by atoms with van der Waals surface area (Å²) in [6.07, 6.45) is 1.29. The number of nitrogens with zero attached hydrogens (tertiary/aromatic N) is 2. The molecule has 2 N–H and O–H groups in total. The maximum absolute atomic E-state index is 11.9. The van der Waals surface area contributed by atoms with Crippen molar-refractivity contribution in [3.63, 3.8) is 0 Å². The molecule has 15 heavy (non-hydrogen) atoms. The molecule has 0 saturated heterocycles. The molecule has 80 valence electrons. The Bertz CT molecular complexity index is 541. The molecule has 2 aromatic rings. The van der Waals surface area contributed by atoms with Crippen molar-refractivity contribution in [3.8, 4) is 0 Å². The minimum absolute atomic E-state index is 0.135. The summed E-state index contributed by atoms with van der Waals surface area (Å²) in [6, 6.07) is 4.36. The summed E-state index contributed by atoms with van der Waals surface area (Å²) in [7, 11) is -3.64. The van der Waals surface area contributed by atoms with Gasteiger partial charge in [-0.05, 0) is 12.1 Å². The van der Waals surface area contributed by atoms with E-state index in [0.29, 0.717) is 4.34 Å². The SMILES string of the molecule is Nc1ccn(S(=O)(=O)c2ccc(Cl)s2)n1. The lowest BCUT2D eigenvalue weighted by Crippen LogP contribution is -2.12. The van der Waals surface area contributed by atoms with Gasteiger partial charge in [0.25, 0.3) is 10.0 Å². The molecule has 2 rings (SSSR count). The van der Waals surface area contributed by atoms with E-state index in [-0.39, 0.29) is 10.0 Å². The first-order valence-electron chi connectivity index (χ1n) is 3.82. The molecular formula is C7H6ClN3O2S2. The number of aromatic nitrogens is 2. The number of hydrogen-bond donors (Lipinski definition) is 1. The number of thiophene rings is 1. The molecule has 0 aromatic carbocycles. The van der Waals surface area contributed by atoms with Crippen molar-refractivity contribution >= 4 is 38.8 Å². The van der Waals surface area contributed by atoms with E-state index < -0.39 is 10.0 Å². The van der Waals surface area contributed by atoms with E-state index in [2.05, 4.69) is 5.10 Å². The lowest BCUT2D eigenvalue weighted by atomic mass is 10.7. The van der Waals surface area contributed by atoms with Crippen molar-refractivity contribution in [1.29, 1.82) is 0 Å². The highest BCUT2D eigenvalue weighted by Gasteiger charge is 2.19. The zero-order chi connectivity index (χ0) is 11.1. The fourth-order valence-corrected chi connectivity index (χ4v) is 3.66. The lowest BCUT2D eigenvalue weighted by Gasteiger charge is -1.99. The Kier molecular flexibility index (Phi) is 2.45. The van der Waals surface area contributed by atoms with Gasteiger partial charge in [-0.2, -0.15) is 12.5 Å². The van der Waals surface area contributed by atoms with Gasteiger partial charge >= 0.3 is 0 Å². The molecule has 0 amide bonds. The number of hydrogen-bond acceptors (Lipinski definition) is 5. The van der Waals surface area contributed by atoms with Crippen LogP contribution < -0.4 is 5.73 Å². The van der Waals surface area contributed by atoms with Crippen molar-refractivity contribution in [2.75, 3.05) is 5.73 Å². The average molecular weight is 264 g/mol. The quantitative estimate of drug-likeness (QED) is 0.889. The molecule has 0 atom stereocenters. The van der Waals surface area contributed by atoms with E-state index in [4.69, 9.17) is 17.3 Å². The van der Waals surface area contributed by atoms with Crippen LogP contribution in [0.2, 0.25) is 4.34 Å². The van der Waals surface area contributed by atoms with Crippen LogP contribution in [0, 0.1) is 0 Å². The van der Waals surface area contributed by atoms with Crippen LogP contribution in [-0.2, 0) is 10.0 Å². The lowest BCUT2D eigenvalue weighted by molar-refractivity contribution is 0.582. The number of nitrogen functional groups attached to an aromatic ring is 1. The standard InChI is InChI=1S/C7H6ClN3O2S2/c8-5-1-2-7(14-5)15(12,13)11-4-3-6(9)10-11/h1-4H,(H2,9,10). The monoisotopic (exact) mass is 263 g/mol. The maximum Gasteiger partial charge on any atom is 0.292 e. The number of halogens is 1. The fourth-order valence-electron chi connectivity index (χ4n) is 0.983. The van der Waals surface area contributed by atoms with E-state index in [9.17, 15) is 8.42 Å². The molecule has 0 unspecified atom stereocenters. The van der Waals surface area contributed by atoms with Crippen LogP contribution in [0.25, 0.3) is 0 Å². The largest absolute Gasteiger partial charge is 0.382 e. The highest BCUT2D eigenvalue weighted by molar-refractivity contribution is 7.92. The van der Waals surface area contributed by atoms with Gasteiger partial charge in [0.1, 0.15) is 10.0 Å². The minimum atomic E-state index is -3.64. The van der Waals surface area contributed by atoms with E-state index >= 15 is 0 Å². The minimum Gasteiger partial charge on any atom is -0.382 e. The van der Waals surface area contributed by atoms with E-state index in [0.717, 1.165) is 15.4 Å². The molecule has 0 radical (unpaired) electrons. The zero-order valence-electron chi connectivity index (χ0n) is 7.29. The van der Waals surface area contributed by atoms with Gasteiger partial charge in [-0.25, -0.2) is 0 Å². The topological polar surface area (TPSA) is 78.0 Å². The van der Waals surface area contributed by atoms with E-state index in [1.807, 2.05) is 0 Å². The molecule has 0 fully saturated rings. The summed E-state index contributed by atoms with van der Waals surface area (Å²) in [5, 5.41) is 3.64. The molecule has 0 saturated carbocycles. The van der Waals surface area contributed by atoms with Gasteiger partial charge in [0.05, 0.1) is 4.34 Å². The molecule has 2 aromatic heterocycles. The Hall–Kier alpha value is -1.05. The summed E-state index contributed by atoms with van der Waals surface area (Å²) in [5.74, 6) is 0.154. The molecule has 0 spiro atoms. The van der Waals surface area contributed by atoms with Gasteiger partial charge in [0, 0.05) is 12.3 Å². The zero-order valence-corrected chi connectivity index (χ0v) is 9.68. The van der Waals surface area contributed by atoms with Crippen molar-refractivity contribution in [2.24, 2.45) is 0 Å². The summed E-state index contributed by atoms with van der Waals surface area (Å²) in [5.41, 5.74) is 5.34. The fraction of sp³-hybridized carbons (Fsp3) is 0. The van der Waals surface area contributed by atoms with Crippen LogP contribution in [0.3, 0.4) is 0 Å². The molecular weight excluding hydrogens is 258 g/mol. The van der Waals surface area contributed by atoms with E-state index in [1.54, 1.807) is 0 Å². The summed E-state index contributed by atoms with van der Waals surface area (Å²) in [6.45, 7) is 0. The van der Waals surface area contributed by atoms with Crippen molar-refractivity contribution in [1.82, 2.24) is 9.19 Å². The predicted molar refractivity (Wildman–Crippen MR) is 58.6 cm³/mol. The average Bonchev–Trinajstić information content (AvgIpc) is 2.74.